The molecule has 2 aliphatic rings. The van der Waals surface area contributed by atoms with Crippen LogP contribution in [0.1, 0.15) is 135 Å². The van der Waals surface area contributed by atoms with Gasteiger partial charge in [-0.2, -0.15) is 8.42 Å². The quantitative estimate of drug-likeness (QED) is 0.0394. The average Bonchev–Trinajstić information content (AvgIpc) is 3.30. The van der Waals surface area contributed by atoms with Gasteiger partial charge in [-0.15, -0.1) is 0 Å². The Labute approximate surface area is 271 Å². The normalized spacial score (nSPS) is 24.0. The number of esters is 1. The van der Waals surface area contributed by atoms with Crippen molar-refractivity contribution in [3.8, 4) is 0 Å². The molecule has 2 saturated heterocycles. The van der Waals surface area contributed by atoms with Crippen LogP contribution in [0, 0.1) is 0 Å². The second kappa shape index (κ2) is 23.2. The number of hydrogen-bond donors (Lipinski definition) is 3. The van der Waals surface area contributed by atoms with E-state index >= 15 is 0 Å². The van der Waals surface area contributed by atoms with Gasteiger partial charge >= 0.3 is 16.4 Å². The number of aliphatic hydroxyl groups is 1. The first-order chi connectivity index (χ1) is 21.6. The molecular formula is C33H61NO10S. The molecule has 2 fully saturated rings. The van der Waals surface area contributed by atoms with Crippen LogP contribution >= 0.6 is 0 Å². The van der Waals surface area contributed by atoms with Crippen LogP contribution in [0.15, 0.2) is 12.2 Å². The number of allylic oxidation sites excluding steroid dienone is 1. The van der Waals surface area contributed by atoms with E-state index in [0.29, 0.717) is 13.2 Å². The number of hydrogen-bond acceptors (Lipinski definition) is 10. The lowest BCUT2D eigenvalue weighted by Gasteiger charge is -2.33. The SMILES string of the molecule is CCOC(=O)/C=C/CCCC[C@H]1OC2(CCCCCCCCCCCCCCCOCC(N)COS(=O)(=O)O)CCC(O)[C@H]1O2. The largest absolute Gasteiger partial charge is 0.463 e. The molecule has 0 amide bonds. The van der Waals surface area contributed by atoms with E-state index in [0.717, 1.165) is 64.2 Å². The van der Waals surface area contributed by atoms with Crippen LogP contribution in [0.2, 0.25) is 0 Å². The first-order valence-corrected chi connectivity index (χ1v) is 18.8. The molecular weight excluding hydrogens is 602 g/mol. The Balaban J connectivity index is 1.39. The highest BCUT2D eigenvalue weighted by atomic mass is 32.3. The van der Waals surface area contributed by atoms with Crippen LogP contribution in [0.3, 0.4) is 0 Å². The number of carbonyl (C=O) groups excluding carboxylic acids is 1. The molecule has 45 heavy (non-hydrogen) atoms. The van der Waals surface area contributed by atoms with Crippen LogP contribution < -0.4 is 5.73 Å². The van der Waals surface area contributed by atoms with Gasteiger partial charge in [0.2, 0.25) is 0 Å². The minimum atomic E-state index is -4.45. The molecule has 3 unspecified atom stereocenters. The van der Waals surface area contributed by atoms with Crippen molar-refractivity contribution >= 4 is 16.4 Å². The maximum absolute atomic E-state index is 11.4. The lowest BCUT2D eigenvalue weighted by Crippen LogP contribution is -2.41. The van der Waals surface area contributed by atoms with Crippen molar-refractivity contribution < 1.29 is 46.0 Å². The molecule has 2 aliphatic heterocycles. The molecule has 2 heterocycles. The molecule has 0 aromatic heterocycles. The number of rotatable bonds is 28. The highest BCUT2D eigenvalue weighted by Gasteiger charge is 2.52. The van der Waals surface area contributed by atoms with Gasteiger partial charge in [0.25, 0.3) is 0 Å². The third-order valence-electron chi connectivity index (χ3n) is 8.54. The van der Waals surface area contributed by atoms with E-state index in [4.69, 9.17) is 29.2 Å². The summed E-state index contributed by atoms with van der Waals surface area (Å²) in [5, 5.41) is 10.5. The summed E-state index contributed by atoms with van der Waals surface area (Å²) in [6, 6.07) is -0.584. The fourth-order valence-corrected chi connectivity index (χ4v) is 6.46. The maximum Gasteiger partial charge on any atom is 0.397 e. The van der Waals surface area contributed by atoms with Gasteiger partial charge < -0.3 is 29.8 Å². The lowest BCUT2D eigenvalue weighted by atomic mass is 9.94. The van der Waals surface area contributed by atoms with Gasteiger partial charge in [0.1, 0.15) is 6.10 Å². The molecule has 264 valence electrons. The molecule has 0 spiro atoms. The van der Waals surface area contributed by atoms with Gasteiger partial charge in [0.15, 0.2) is 5.79 Å². The predicted molar refractivity (Wildman–Crippen MR) is 173 cm³/mol. The number of ether oxygens (including phenoxy) is 4. The Kier molecular flexibility index (Phi) is 20.7. The van der Waals surface area contributed by atoms with Crippen LogP contribution in [-0.2, 0) is 38.3 Å². The molecule has 4 N–H and O–H groups in total. The zero-order chi connectivity index (χ0) is 32.8. The van der Waals surface area contributed by atoms with Crippen molar-refractivity contribution in [2.75, 3.05) is 26.4 Å². The summed E-state index contributed by atoms with van der Waals surface area (Å²) in [5.74, 6) is -0.803. The van der Waals surface area contributed by atoms with E-state index in [-0.39, 0.29) is 31.4 Å². The maximum atomic E-state index is 11.4. The molecule has 0 aromatic carbocycles. The summed E-state index contributed by atoms with van der Waals surface area (Å²) < 4.78 is 56.9. The van der Waals surface area contributed by atoms with Gasteiger partial charge in [-0.05, 0) is 45.4 Å². The highest BCUT2D eigenvalue weighted by molar-refractivity contribution is 7.80. The predicted octanol–water partition coefficient (Wildman–Crippen LogP) is 5.93. The Hall–Kier alpha value is -1.12. The number of nitrogens with two attached hydrogens (primary N) is 1. The summed E-state index contributed by atoms with van der Waals surface area (Å²) in [6.45, 7) is 2.69. The number of aliphatic hydroxyl groups excluding tert-OH is 1. The summed E-state index contributed by atoms with van der Waals surface area (Å²) in [7, 11) is -4.45. The Morgan fingerprint density at radius 2 is 1.56 bits per heavy atom. The molecule has 2 rings (SSSR count). The van der Waals surface area contributed by atoms with Crippen molar-refractivity contribution in [1.82, 2.24) is 0 Å². The molecule has 0 aromatic rings. The Morgan fingerprint density at radius 1 is 0.933 bits per heavy atom. The van der Waals surface area contributed by atoms with Gasteiger partial charge in [-0.1, -0.05) is 83.1 Å². The first-order valence-electron chi connectivity index (χ1n) is 17.5. The fourth-order valence-electron chi connectivity index (χ4n) is 6.11. The van der Waals surface area contributed by atoms with Crippen LogP contribution in [0.25, 0.3) is 0 Å². The first kappa shape index (κ1) is 40.1. The smallest absolute Gasteiger partial charge is 0.397 e. The summed E-state index contributed by atoms with van der Waals surface area (Å²) in [4.78, 5) is 11.4. The second-order valence-electron chi connectivity index (χ2n) is 12.6. The summed E-state index contributed by atoms with van der Waals surface area (Å²) in [6.07, 6.45) is 24.4. The molecule has 0 aliphatic carbocycles. The van der Waals surface area contributed by atoms with Crippen LogP contribution in [-0.4, -0.2) is 80.6 Å². The molecule has 2 bridgehead atoms. The van der Waals surface area contributed by atoms with E-state index in [9.17, 15) is 18.3 Å². The van der Waals surface area contributed by atoms with E-state index in [2.05, 4.69) is 4.18 Å². The van der Waals surface area contributed by atoms with Crippen molar-refractivity contribution in [2.45, 2.75) is 165 Å². The number of fused-ring (bicyclic) bond motifs is 2. The van der Waals surface area contributed by atoms with E-state index in [1.54, 1.807) is 6.92 Å². The van der Waals surface area contributed by atoms with Crippen molar-refractivity contribution in [2.24, 2.45) is 5.73 Å². The fraction of sp³-hybridized carbons (Fsp3) is 0.909. The van der Waals surface area contributed by atoms with Crippen molar-refractivity contribution in [1.29, 1.82) is 0 Å². The molecule has 11 nitrogen and oxygen atoms in total. The topological polar surface area (TPSA) is 164 Å². The average molecular weight is 664 g/mol. The minimum Gasteiger partial charge on any atom is -0.463 e. The minimum absolute atomic E-state index is 0.0503. The molecule has 0 radical (unpaired) electrons. The molecule has 12 heteroatoms. The molecule has 5 atom stereocenters. The van der Waals surface area contributed by atoms with Gasteiger partial charge in [-0.25, -0.2) is 8.98 Å². The molecule has 0 saturated carbocycles. The second-order valence-corrected chi connectivity index (χ2v) is 13.7. The lowest BCUT2D eigenvalue weighted by molar-refractivity contribution is -0.214. The third-order valence-corrected chi connectivity index (χ3v) is 8.98. The number of unbranched alkanes of at least 4 members (excludes halogenated alkanes) is 14. The standard InChI is InChI=1S/C33H61NO10S/c1-2-41-31(36)21-17-13-12-16-20-30-32-29(35)22-24-33(43-30,44-32)23-18-14-10-8-6-4-3-5-7-9-11-15-19-25-40-26-28(34)27-42-45(37,38)39/h17,21,28-30,32,35H,2-16,18-20,22-27,34H2,1H3,(H,37,38,39)/b21-17+/t28?,29?,30-,32-,33?/m1/s1. The third kappa shape index (κ3) is 18.7. The number of carbonyl (C=O) groups is 1. The van der Waals surface area contributed by atoms with Crippen LogP contribution in [0.4, 0.5) is 0 Å². The zero-order valence-electron chi connectivity index (χ0n) is 27.6. The van der Waals surface area contributed by atoms with E-state index < -0.39 is 28.3 Å². The summed E-state index contributed by atoms with van der Waals surface area (Å²) >= 11 is 0. The van der Waals surface area contributed by atoms with E-state index in [1.807, 2.05) is 6.08 Å². The van der Waals surface area contributed by atoms with Crippen molar-refractivity contribution in [3.05, 3.63) is 12.2 Å². The Morgan fingerprint density at radius 3 is 2.18 bits per heavy atom. The highest BCUT2D eigenvalue weighted by Crippen LogP contribution is 2.44. The van der Waals surface area contributed by atoms with Gasteiger partial charge in [0, 0.05) is 25.5 Å². The zero-order valence-corrected chi connectivity index (χ0v) is 28.4. The summed E-state index contributed by atoms with van der Waals surface area (Å²) in [5.41, 5.74) is 5.67. The van der Waals surface area contributed by atoms with Crippen molar-refractivity contribution in [3.63, 3.8) is 0 Å². The van der Waals surface area contributed by atoms with Crippen LogP contribution in [0.5, 0.6) is 0 Å². The monoisotopic (exact) mass is 663 g/mol. The Bertz CT molecular complexity index is 917. The van der Waals surface area contributed by atoms with E-state index in [1.165, 1.54) is 70.3 Å². The van der Waals surface area contributed by atoms with Gasteiger partial charge in [-0.3, -0.25) is 4.55 Å². The van der Waals surface area contributed by atoms with Gasteiger partial charge in [0.05, 0.1) is 38.1 Å².